The van der Waals surface area contributed by atoms with Gasteiger partial charge in [0.25, 0.3) is 5.91 Å². The van der Waals surface area contributed by atoms with Crippen LogP contribution < -0.4 is 10.6 Å². The number of carbonyl (C=O) groups excluding carboxylic acids is 2. The van der Waals surface area contributed by atoms with Crippen LogP contribution in [0.4, 0.5) is 10.5 Å². The first-order valence-corrected chi connectivity index (χ1v) is 9.42. The van der Waals surface area contributed by atoms with Gasteiger partial charge in [-0.25, -0.2) is 9.78 Å². The maximum atomic E-state index is 12.9. The van der Waals surface area contributed by atoms with Gasteiger partial charge >= 0.3 is 6.09 Å². The van der Waals surface area contributed by atoms with E-state index in [0.717, 1.165) is 5.56 Å². The number of benzene rings is 1. The van der Waals surface area contributed by atoms with E-state index in [-0.39, 0.29) is 24.0 Å². The van der Waals surface area contributed by atoms with Crippen molar-refractivity contribution in [2.45, 2.75) is 13.5 Å². The number of hydrogen-bond acceptors (Lipinski definition) is 8. The van der Waals surface area contributed by atoms with Crippen molar-refractivity contribution in [3.63, 3.8) is 0 Å². The Morgan fingerprint density at radius 2 is 2.12 bits per heavy atom. The number of imidazole rings is 1. The van der Waals surface area contributed by atoms with Crippen molar-refractivity contribution in [2.75, 3.05) is 12.4 Å². The average Bonchev–Trinajstić information content (AvgIpc) is 3.45. The molecule has 0 bridgehead atoms. The smallest absolute Gasteiger partial charge is 0.407 e. The highest BCUT2D eigenvalue weighted by Crippen LogP contribution is 2.24. The van der Waals surface area contributed by atoms with Crippen molar-refractivity contribution < 1.29 is 18.8 Å². The van der Waals surface area contributed by atoms with E-state index in [9.17, 15) is 9.59 Å². The standard InChI is InChI=1S/C21H17N7O4/c1-12-3-5-14(19-26-18(32-27-19)10-24-21(30)31-2)7-15(12)25-20(29)16-9-23-17-6-4-13(8-22)11-28(16)17/h3-7,9,11H,10H2,1-2H3,(H,24,30)(H,25,29). The van der Waals surface area contributed by atoms with Crippen LogP contribution in [0.1, 0.15) is 27.5 Å². The molecule has 32 heavy (non-hydrogen) atoms. The minimum absolute atomic E-state index is 0.0219. The topological polar surface area (TPSA) is 147 Å². The molecule has 0 aliphatic carbocycles. The van der Waals surface area contributed by atoms with E-state index in [4.69, 9.17) is 9.78 Å². The maximum Gasteiger partial charge on any atom is 0.407 e. The Morgan fingerprint density at radius 3 is 2.91 bits per heavy atom. The number of alkyl carbamates (subject to hydrolysis) is 1. The molecule has 11 heteroatoms. The summed E-state index contributed by atoms with van der Waals surface area (Å²) in [5.74, 6) is 0.120. The minimum Gasteiger partial charge on any atom is -0.453 e. The second kappa shape index (κ2) is 8.57. The lowest BCUT2D eigenvalue weighted by Gasteiger charge is -2.09. The molecule has 0 radical (unpaired) electrons. The van der Waals surface area contributed by atoms with Crippen molar-refractivity contribution >= 4 is 23.3 Å². The highest BCUT2D eigenvalue weighted by molar-refractivity contribution is 6.04. The first-order valence-electron chi connectivity index (χ1n) is 9.42. The highest BCUT2D eigenvalue weighted by atomic mass is 16.5. The second-order valence-electron chi connectivity index (χ2n) is 6.74. The number of carbonyl (C=O) groups is 2. The van der Waals surface area contributed by atoms with Crippen molar-refractivity contribution in [1.82, 2.24) is 24.8 Å². The summed E-state index contributed by atoms with van der Waals surface area (Å²) in [6, 6.07) is 10.7. The van der Waals surface area contributed by atoms with Crippen LogP contribution in [0.3, 0.4) is 0 Å². The second-order valence-corrected chi connectivity index (χ2v) is 6.74. The van der Waals surface area contributed by atoms with Gasteiger partial charge in [-0.3, -0.25) is 9.20 Å². The summed E-state index contributed by atoms with van der Waals surface area (Å²) in [5.41, 5.74) is 3.25. The number of nitrogens with zero attached hydrogens (tertiary/aromatic N) is 5. The molecule has 3 heterocycles. The van der Waals surface area contributed by atoms with Gasteiger partial charge in [-0.15, -0.1) is 0 Å². The number of rotatable bonds is 5. The van der Waals surface area contributed by atoms with Crippen molar-refractivity contribution in [3.05, 3.63) is 65.4 Å². The molecule has 2 N–H and O–H groups in total. The number of fused-ring (bicyclic) bond motifs is 1. The number of hydrogen-bond donors (Lipinski definition) is 2. The Balaban J connectivity index is 1.56. The normalized spacial score (nSPS) is 10.5. The number of methoxy groups -OCH3 is 1. The zero-order chi connectivity index (χ0) is 22.7. The van der Waals surface area contributed by atoms with Gasteiger partial charge in [-0.05, 0) is 30.7 Å². The molecule has 0 saturated carbocycles. The summed E-state index contributed by atoms with van der Waals surface area (Å²) in [7, 11) is 1.26. The van der Waals surface area contributed by atoms with Crippen LogP contribution in [0.25, 0.3) is 17.0 Å². The van der Waals surface area contributed by atoms with E-state index in [1.165, 1.54) is 13.3 Å². The van der Waals surface area contributed by atoms with E-state index in [0.29, 0.717) is 28.3 Å². The molecule has 11 nitrogen and oxygen atoms in total. The molecule has 0 aliphatic rings. The van der Waals surface area contributed by atoms with Crippen molar-refractivity contribution in [3.8, 4) is 17.5 Å². The quantitative estimate of drug-likeness (QED) is 0.490. The van der Waals surface area contributed by atoms with Gasteiger partial charge in [-0.2, -0.15) is 10.2 Å². The van der Waals surface area contributed by atoms with Crippen LogP contribution in [0.2, 0.25) is 0 Å². The number of amides is 2. The number of pyridine rings is 1. The van der Waals surface area contributed by atoms with E-state index in [1.54, 1.807) is 34.9 Å². The molecule has 1 aromatic carbocycles. The summed E-state index contributed by atoms with van der Waals surface area (Å²) < 4.78 is 11.2. The van der Waals surface area contributed by atoms with Crippen molar-refractivity contribution in [2.24, 2.45) is 0 Å². The lowest BCUT2D eigenvalue weighted by atomic mass is 10.1. The summed E-state index contributed by atoms with van der Waals surface area (Å²) in [4.78, 5) is 32.5. The summed E-state index contributed by atoms with van der Waals surface area (Å²) in [5, 5.41) is 18.4. The Kier molecular flexibility index (Phi) is 5.50. The summed E-state index contributed by atoms with van der Waals surface area (Å²) >= 11 is 0. The van der Waals surface area contributed by atoms with Crippen LogP contribution in [0.15, 0.2) is 47.2 Å². The third kappa shape index (κ3) is 4.10. The van der Waals surface area contributed by atoms with Crippen LogP contribution >= 0.6 is 0 Å². The summed E-state index contributed by atoms with van der Waals surface area (Å²) in [6.45, 7) is 1.87. The lowest BCUT2D eigenvalue weighted by molar-refractivity contribution is 0.102. The molecule has 0 saturated heterocycles. The molecule has 0 fully saturated rings. The zero-order valence-corrected chi connectivity index (χ0v) is 17.1. The SMILES string of the molecule is COC(=O)NCc1nc(-c2ccc(C)c(NC(=O)c3cnc4ccc(C#N)cn34)c2)no1. The van der Waals surface area contributed by atoms with E-state index < -0.39 is 6.09 Å². The Hall–Kier alpha value is -4.72. The largest absolute Gasteiger partial charge is 0.453 e. The van der Waals surface area contributed by atoms with Crippen LogP contribution in [0, 0.1) is 18.3 Å². The Morgan fingerprint density at radius 1 is 1.28 bits per heavy atom. The molecule has 0 unspecified atom stereocenters. The molecule has 0 aliphatic heterocycles. The van der Waals surface area contributed by atoms with Crippen molar-refractivity contribution in [1.29, 1.82) is 5.26 Å². The fourth-order valence-electron chi connectivity index (χ4n) is 2.96. The third-order valence-electron chi connectivity index (χ3n) is 4.65. The number of aromatic nitrogens is 4. The van der Waals surface area contributed by atoms with Crippen LogP contribution in [0.5, 0.6) is 0 Å². The van der Waals surface area contributed by atoms with E-state index in [2.05, 4.69) is 30.5 Å². The predicted octanol–water partition coefficient (Wildman–Crippen LogP) is 2.67. The fourth-order valence-corrected chi connectivity index (χ4v) is 2.96. The predicted molar refractivity (Wildman–Crippen MR) is 112 cm³/mol. The maximum absolute atomic E-state index is 12.9. The molecule has 2 amide bonds. The van der Waals surface area contributed by atoms with Gasteiger partial charge < -0.3 is 19.9 Å². The monoisotopic (exact) mass is 431 g/mol. The number of anilines is 1. The highest BCUT2D eigenvalue weighted by Gasteiger charge is 2.16. The van der Waals surface area contributed by atoms with Gasteiger partial charge in [0.2, 0.25) is 11.7 Å². The number of ether oxygens (including phenoxy) is 1. The fraction of sp³-hybridized carbons (Fsp3) is 0.143. The molecular formula is C21H17N7O4. The van der Waals surface area contributed by atoms with Crippen LogP contribution in [-0.4, -0.2) is 38.6 Å². The molecule has 160 valence electrons. The molecule has 4 aromatic rings. The van der Waals surface area contributed by atoms with Gasteiger partial charge in [0.1, 0.15) is 24.0 Å². The molecule has 0 spiro atoms. The molecule has 0 atom stereocenters. The number of nitriles is 1. The van der Waals surface area contributed by atoms with Gasteiger partial charge in [0, 0.05) is 17.4 Å². The minimum atomic E-state index is -0.612. The van der Waals surface area contributed by atoms with Gasteiger partial charge in [0.15, 0.2) is 0 Å². The number of aryl methyl sites for hydroxylation is 1. The lowest BCUT2D eigenvalue weighted by Crippen LogP contribution is -2.22. The molecular weight excluding hydrogens is 414 g/mol. The average molecular weight is 431 g/mol. The first-order chi connectivity index (χ1) is 15.5. The Bertz CT molecular complexity index is 1370. The first kappa shape index (κ1) is 20.5. The van der Waals surface area contributed by atoms with Gasteiger partial charge in [-0.1, -0.05) is 17.3 Å². The van der Waals surface area contributed by atoms with Crippen LogP contribution in [-0.2, 0) is 11.3 Å². The van der Waals surface area contributed by atoms with E-state index >= 15 is 0 Å². The third-order valence-corrected chi connectivity index (χ3v) is 4.65. The molecule has 3 aromatic heterocycles. The molecule has 4 rings (SSSR count). The number of nitrogens with one attached hydrogen (secondary N) is 2. The zero-order valence-electron chi connectivity index (χ0n) is 17.1. The van der Waals surface area contributed by atoms with E-state index in [1.807, 2.05) is 19.1 Å². The summed E-state index contributed by atoms with van der Waals surface area (Å²) in [6.07, 6.45) is 2.40. The van der Waals surface area contributed by atoms with Gasteiger partial charge in [0.05, 0.1) is 18.9 Å². The Labute approximate surface area is 181 Å².